The van der Waals surface area contributed by atoms with E-state index in [2.05, 4.69) is 37.2 Å². The fourth-order valence-corrected chi connectivity index (χ4v) is 3.32. The molecule has 0 atom stereocenters. The number of amides is 1. The highest BCUT2D eigenvalue weighted by molar-refractivity contribution is 5.95. The Morgan fingerprint density at radius 2 is 2.07 bits per heavy atom. The average Bonchev–Trinajstić information content (AvgIpc) is 3.08. The van der Waals surface area contributed by atoms with E-state index in [0.29, 0.717) is 18.1 Å². The van der Waals surface area contributed by atoms with Crippen LogP contribution in [0, 0.1) is 5.92 Å². The van der Waals surface area contributed by atoms with Crippen molar-refractivity contribution in [2.24, 2.45) is 13.0 Å². The standard InChI is InChI=1S/C19H23N7O/c1-13-6-9-26(10-7-13)18-15-12-22-25(2)17(15)23-16(24-18)19(27)21-11-14-5-3-4-8-20-14/h3-5,8,12-13H,6-7,9-11H2,1-2H3,(H,21,27). The number of carbonyl (C=O) groups excluding carboxylic acids is 1. The van der Waals surface area contributed by atoms with E-state index in [0.717, 1.165) is 42.8 Å². The van der Waals surface area contributed by atoms with Gasteiger partial charge in [0, 0.05) is 26.3 Å². The number of aryl methyl sites for hydroxylation is 1. The molecule has 4 rings (SSSR count). The molecule has 1 N–H and O–H groups in total. The number of nitrogens with one attached hydrogen (secondary N) is 1. The van der Waals surface area contributed by atoms with Gasteiger partial charge < -0.3 is 10.2 Å². The number of pyridine rings is 1. The number of rotatable bonds is 4. The van der Waals surface area contributed by atoms with Crippen LogP contribution in [-0.2, 0) is 13.6 Å². The van der Waals surface area contributed by atoms with Gasteiger partial charge >= 0.3 is 0 Å². The smallest absolute Gasteiger partial charge is 0.289 e. The molecule has 1 aliphatic heterocycles. The van der Waals surface area contributed by atoms with E-state index in [1.807, 2.05) is 25.2 Å². The molecule has 0 unspecified atom stereocenters. The Balaban J connectivity index is 1.62. The van der Waals surface area contributed by atoms with Gasteiger partial charge in [0.05, 0.1) is 23.8 Å². The summed E-state index contributed by atoms with van der Waals surface area (Å²) in [5.41, 5.74) is 1.46. The summed E-state index contributed by atoms with van der Waals surface area (Å²) >= 11 is 0. The summed E-state index contributed by atoms with van der Waals surface area (Å²) in [6, 6.07) is 5.60. The molecular weight excluding hydrogens is 342 g/mol. The van der Waals surface area contributed by atoms with Crippen LogP contribution in [0.5, 0.6) is 0 Å². The highest BCUT2D eigenvalue weighted by atomic mass is 16.2. The van der Waals surface area contributed by atoms with Crippen molar-refractivity contribution in [1.82, 2.24) is 30.0 Å². The maximum absolute atomic E-state index is 12.7. The van der Waals surface area contributed by atoms with Crippen LogP contribution in [0.2, 0.25) is 0 Å². The van der Waals surface area contributed by atoms with Crippen molar-refractivity contribution in [2.75, 3.05) is 18.0 Å². The van der Waals surface area contributed by atoms with Crippen LogP contribution < -0.4 is 10.2 Å². The zero-order valence-corrected chi connectivity index (χ0v) is 15.6. The highest BCUT2D eigenvalue weighted by Gasteiger charge is 2.23. The van der Waals surface area contributed by atoms with E-state index in [1.165, 1.54) is 0 Å². The molecule has 1 saturated heterocycles. The first-order chi connectivity index (χ1) is 13.1. The minimum Gasteiger partial charge on any atom is -0.356 e. The van der Waals surface area contributed by atoms with Crippen molar-refractivity contribution in [3.63, 3.8) is 0 Å². The van der Waals surface area contributed by atoms with Gasteiger partial charge in [0.1, 0.15) is 5.82 Å². The number of hydrogen-bond acceptors (Lipinski definition) is 6. The molecule has 8 nitrogen and oxygen atoms in total. The molecular formula is C19H23N7O. The van der Waals surface area contributed by atoms with Gasteiger partial charge in [-0.1, -0.05) is 13.0 Å². The summed E-state index contributed by atoms with van der Waals surface area (Å²) in [6.07, 6.45) is 5.72. The zero-order chi connectivity index (χ0) is 18.8. The number of piperidine rings is 1. The highest BCUT2D eigenvalue weighted by Crippen LogP contribution is 2.27. The van der Waals surface area contributed by atoms with Gasteiger partial charge in [0.15, 0.2) is 5.65 Å². The molecule has 1 fully saturated rings. The van der Waals surface area contributed by atoms with Crippen LogP contribution in [0.1, 0.15) is 36.1 Å². The minimum atomic E-state index is -0.310. The lowest BCUT2D eigenvalue weighted by atomic mass is 9.99. The zero-order valence-electron chi connectivity index (χ0n) is 15.6. The van der Waals surface area contributed by atoms with Crippen molar-refractivity contribution in [3.05, 3.63) is 42.1 Å². The van der Waals surface area contributed by atoms with Crippen molar-refractivity contribution in [2.45, 2.75) is 26.3 Å². The largest absolute Gasteiger partial charge is 0.356 e. The van der Waals surface area contributed by atoms with Crippen LogP contribution >= 0.6 is 0 Å². The van der Waals surface area contributed by atoms with Crippen molar-refractivity contribution in [1.29, 1.82) is 0 Å². The van der Waals surface area contributed by atoms with E-state index >= 15 is 0 Å². The van der Waals surface area contributed by atoms with Gasteiger partial charge in [-0.3, -0.25) is 14.5 Å². The molecule has 4 heterocycles. The van der Waals surface area contributed by atoms with Gasteiger partial charge in [0.2, 0.25) is 5.82 Å². The minimum absolute atomic E-state index is 0.163. The molecule has 0 radical (unpaired) electrons. The SMILES string of the molecule is CC1CCN(c2nc(C(=O)NCc3ccccn3)nc3c2cnn3C)CC1. The molecule has 1 amide bonds. The van der Waals surface area contributed by atoms with Gasteiger partial charge in [-0.15, -0.1) is 0 Å². The molecule has 0 aromatic carbocycles. The molecule has 3 aromatic heterocycles. The summed E-state index contributed by atoms with van der Waals surface area (Å²) in [6.45, 7) is 4.46. The second kappa shape index (κ2) is 7.30. The molecule has 8 heteroatoms. The first kappa shape index (κ1) is 17.4. The third-order valence-electron chi connectivity index (χ3n) is 5.01. The lowest BCUT2D eigenvalue weighted by molar-refractivity contribution is 0.0940. The summed E-state index contributed by atoms with van der Waals surface area (Å²) in [5, 5.41) is 8.04. The first-order valence-corrected chi connectivity index (χ1v) is 9.24. The van der Waals surface area contributed by atoms with Gasteiger partial charge in [-0.2, -0.15) is 5.10 Å². The summed E-state index contributed by atoms with van der Waals surface area (Å²) < 4.78 is 1.68. The average molecular weight is 365 g/mol. The molecule has 0 saturated carbocycles. The number of aromatic nitrogens is 5. The third kappa shape index (κ3) is 3.60. The molecule has 0 spiro atoms. The van der Waals surface area contributed by atoms with Crippen LogP contribution in [0.3, 0.4) is 0 Å². The van der Waals surface area contributed by atoms with Gasteiger partial charge in [-0.25, -0.2) is 9.97 Å². The van der Waals surface area contributed by atoms with Crippen LogP contribution in [0.15, 0.2) is 30.6 Å². The molecule has 1 aliphatic rings. The first-order valence-electron chi connectivity index (χ1n) is 9.24. The fraction of sp³-hybridized carbons (Fsp3) is 0.421. The number of anilines is 1. The lowest BCUT2D eigenvalue weighted by Gasteiger charge is -2.31. The quantitative estimate of drug-likeness (QED) is 0.760. The van der Waals surface area contributed by atoms with Gasteiger partial charge in [-0.05, 0) is 30.9 Å². The van der Waals surface area contributed by atoms with Crippen LogP contribution in [-0.4, -0.2) is 43.7 Å². The Morgan fingerprint density at radius 3 is 2.81 bits per heavy atom. The summed E-state index contributed by atoms with van der Waals surface area (Å²) in [4.78, 5) is 28.2. The maximum Gasteiger partial charge on any atom is 0.289 e. The predicted molar refractivity (Wildman–Crippen MR) is 102 cm³/mol. The van der Waals surface area contributed by atoms with Crippen LogP contribution in [0.4, 0.5) is 5.82 Å². The number of nitrogens with zero attached hydrogens (tertiary/aromatic N) is 6. The van der Waals surface area contributed by atoms with E-state index in [9.17, 15) is 4.79 Å². The predicted octanol–water partition coefficient (Wildman–Crippen LogP) is 1.92. The van der Waals surface area contributed by atoms with Crippen molar-refractivity contribution < 1.29 is 4.79 Å². The number of carbonyl (C=O) groups is 1. The van der Waals surface area contributed by atoms with Gasteiger partial charge in [0.25, 0.3) is 5.91 Å². The second-order valence-corrected chi connectivity index (χ2v) is 7.05. The van der Waals surface area contributed by atoms with E-state index in [1.54, 1.807) is 17.1 Å². The van der Waals surface area contributed by atoms with Crippen molar-refractivity contribution >= 4 is 22.8 Å². The second-order valence-electron chi connectivity index (χ2n) is 7.05. The van der Waals surface area contributed by atoms with Crippen LogP contribution in [0.25, 0.3) is 11.0 Å². The van der Waals surface area contributed by atoms with E-state index in [-0.39, 0.29) is 11.7 Å². The lowest BCUT2D eigenvalue weighted by Crippen LogP contribution is -2.34. The Morgan fingerprint density at radius 1 is 1.26 bits per heavy atom. The van der Waals surface area contributed by atoms with E-state index < -0.39 is 0 Å². The summed E-state index contributed by atoms with van der Waals surface area (Å²) in [7, 11) is 1.83. The molecule has 3 aromatic rings. The third-order valence-corrected chi connectivity index (χ3v) is 5.01. The Labute approximate surface area is 157 Å². The Bertz CT molecular complexity index is 945. The van der Waals surface area contributed by atoms with E-state index in [4.69, 9.17) is 0 Å². The molecule has 0 bridgehead atoms. The topological polar surface area (TPSA) is 88.8 Å². The Kier molecular flexibility index (Phi) is 4.70. The molecule has 27 heavy (non-hydrogen) atoms. The maximum atomic E-state index is 12.7. The normalized spacial score (nSPS) is 15.3. The monoisotopic (exact) mass is 365 g/mol. The molecule has 0 aliphatic carbocycles. The Hall–Kier alpha value is -3.03. The number of hydrogen-bond donors (Lipinski definition) is 1. The summed E-state index contributed by atoms with van der Waals surface area (Å²) in [5.74, 6) is 1.36. The fourth-order valence-electron chi connectivity index (χ4n) is 3.32. The molecule has 140 valence electrons. The number of fused-ring (bicyclic) bond motifs is 1. The van der Waals surface area contributed by atoms with Crippen molar-refractivity contribution in [3.8, 4) is 0 Å².